The summed E-state index contributed by atoms with van der Waals surface area (Å²) in [5.41, 5.74) is -0.551. The molecule has 1 fully saturated rings. The molecule has 0 aromatic rings. The van der Waals surface area contributed by atoms with Gasteiger partial charge in [0.1, 0.15) is 6.04 Å². The molecule has 0 N–H and O–H groups in total. The highest BCUT2D eigenvalue weighted by molar-refractivity contribution is 5.76. The van der Waals surface area contributed by atoms with Crippen molar-refractivity contribution in [1.82, 2.24) is 9.96 Å². The quantitative estimate of drug-likeness (QED) is 0.663. The van der Waals surface area contributed by atoms with E-state index < -0.39 is 11.5 Å². The van der Waals surface area contributed by atoms with Crippen molar-refractivity contribution in [2.45, 2.75) is 26.8 Å². The first-order valence-corrected chi connectivity index (χ1v) is 6.01. The second-order valence-electron chi connectivity index (χ2n) is 5.54. The minimum atomic E-state index is -0.551. The second-order valence-corrected chi connectivity index (χ2v) is 5.54. The Balaban J connectivity index is 2.60. The topological polar surface area (TPSA) is 59.1 Å². The van der Waals surface area contributed by atoms with Gasteiger partial charge in [-0.1, -0.05) is 0 Å². The monoisotopic (exact) mass is 258 g/mol. The molecule has 1 saturated heterocycles. The van der Waals surface area contributed by atoms with Crippen LogP contribution in [0.5, 0.6) is 0 Å². The van der Waals surface area contributed by atoms with E-state index in [0.717, 1.165) is 0 Å². The van der Waals surface area contributed by atoms with E-state index in [4.69, 9.17) is 9.57 Å². The number of carbonyl (C=O) groups excluding carboxylic acids is 2. The summed E-state index contributed by atoms with van der Waals surface area (Å²) in [6, 6.07) is -0.392. The van der Waals surface area contributed by atoms with Crippen molar-refractivity contribution in [3.63, 3.8) is 0 Å². The molecule has 0 radical (unpaired) electrons. The number of esters is 1. The summed E-state index contributed by atoms with van der Waals surface area (Å²) in [5.74, 6) is -0.607. The lowest BCUT2D eigenvalue weighted by atomic mass is 9.98. The molecule has 0 aliphatic carbocycles. The third-order valence-electron chi connectivity index (χ3n) is 2.91. The number of hydrogen-bond donors (Lipinski definition) is 0. The highest BCUT2D eigenvalue weighted by atomic mass is 16.7. The summed E-state index contributed by atoms with van der Waals surface area (Å²) >= 11 is 0. The zero-order valence-corrected chi connectivity index (χ0v) is 11.7. The van der Waals surface area contributed by atoms with Gasteiger partial charge in [-0.25, -0.2) is 4.79 Å². The van der Waals surface area contributed by atoms with Gasteiger partial charge in [-0.05, 0) is 27.8 Å². The Morgan fingerprint density at radius 3 is 2.33 bits per heavy atom. The van der Waals surface area contributed by atoms with Crippen molar-refractivity contribution in [2.24, 2.45) is 5.41 Å². The molecule has 6 heteroatoms. The fraction of sp³-hybridized carbons (Fsp3) is 0.833. The molecule has 1 aliphatic heterocycles. The van der Waals surface area contributed by atoms with Crippen molar-refractivity contribution in [3.05, 3.63) is 0 Å². The molecule has 1 unspecified atom stereocenters. The zero-order valence-electron chi connectivity index (χ0n) is 11.7. The summed E-state index contributed by atoms with van der Waals surface area (Å²) in [6.07, 6.45) is 0. The van der Waals surface area contributed by atoms with Gasteiger partial charge >= 0.3 is 11.9 Å². The molecule has 1 aliphatic rings. The van der Waals surface area contributed by atoms with Crippen LogP contribution in [0, 0.1) is 5.41 Å². The lowest BCUT2D eigenvalue weighted by Gasteiger charge is -2.37. The molecule has 0 amide bonds. The summed E-state index contributed by atoms with van der Waals surface area (Å²) in [6.45, 7) is 6.96. The normalized spacial score (nSPS) is 22.6. The zero-order chi connectivity index (χ0) is 13.9. The van der Waals surface area contributed by atoms with E-state index in [1.165, 1.54) is 12.2 Å². The number of carbonyl (C=O) groups is 2. The predicted molar refractivity (Wildman–Crippen MR) is 65.6 cm³/mol. The van der Waals surface area contributed by atoms with Gasteiger partial charge in [0.25, 0.3) is 0 Å². The van der Waals surface area contributed by atoms with Crippen LogP contribution in [-0.2, 0) is 19.2 Å². The number of rotatable bonds is 2. The van der Waals surface area contributed by atoms with E-state index in [1.807, 2.05) is 11.9 Å². The molecule has 0 aromatic heterocycles. The third-order valence-corrected chi connectivity index (χ3v) is 2.91. The van der Waals surface area contributed by atoms with Crippen LogP contribution < -0.4 is 0 Å². The van der Waals surface area contributed by atoms with Crippen LogP contribution in [0.4, 0.5) is 0 Å². The Labute approximate surface area is 108 Å². The number of piperazine rings is 1. The van der Waals surface area contributed by atoms with Crippen molar-refractivity contribution < 1.29 is 19.2 Å². The number of likely N-dealkylation sites (N-methyl/N-ethyl adjacent to an activating group) is 1. The maximum absolute atomic E-state index is 11.8. The van der Waals surface area contributed by atoms with Crippen LogP contribution in [0.3, 0.4) is 0 Å². The Hall–Kier alpha value is -1.14. The minimum Gasteiger partial charge on any atom is -0.468 e. The van der Waals surface area contributed by atoms with Crippen LogP contribution in [0.1, 0.15) is 20.8 Å². The van der Waals surface area contributed by atoms with Gasteiger partial charge in [0, 0.05) is 13.1 Å². The van der Waals surface area contributed by atoms with Gasteiger partial charge in [-0.15, -0.1) is 5.06 Å². The van der Waals surface area contributed by atoms with Crippen molar-refractivity contribution >= 4 is 11.9 Å². The number of nitrogens with zero attached hydrogens (tertiary/aromatic N) is 2. The van der Waals surface area contributed by atoms with Gasteiger partial charge in [0.2, 0.25) is 0 Å². The summed E-state index contributed by atoms with van der Waals surface area (Å²) in [4.78, 5) is 30.5. The van der Waals surface area contributed by atoms with Gasteiger partial charge in [0.05, 0.1) is 19.1 Å². The smallest absolute Gasteiger partial charge is 0.330 e. The van der Waals surface area contributed by atoms with E-state index in [2.05, 4.69) is 0 Å². The average Bonchev–Trinajstić information content (AvgIpc) is 2.29. The molecule has 6 nitrogen and oxygen atoms in total. The highest BCUT2D eigenvalue weighted by Crippen LogP contribution is 2.18. The third kappa shape index (κ3) is 3.68. The molecule has 0 aromatic carbocycles. The van der Waals surface area contributed by atoms with E-state index >= 15 is 0 Å². The van der Waals surface area contributed by atoms with Crippen LogP contribution in [-0.4, -0.2) is 61.7 Å². The van der Waals surface area contributed by atoms with Gasteiger partial charge in [0.15, 0.2) is 0 Å². The van der Waals surface area contributed by atoms with Crippen molar-refractivity contribution in [2.75, 3.05) is 33.8 Å². The van der Waals surface area contributed by atoms with E-state index in [9.17, 15) is 9.59 Å². The standard InChI is InChI=1S/C12H22N2O4/c1-12(2,3)11(16)18-14-7-6-13(4)9(8-14)10(15)17-5/h9H,6-8H2,1-5H3. The van der Waals surface area contributed by atoms with Gasteiger partial charge in [-0.3, -0.25) is 9.69 Å². The predicted octanol–water partition coefficient (Wildman–Crippen LogP) is 0.280. The highest BCUT2D eigenvalue weighted by Gasteiger charge is 2.34. The maximum atomic E-state index is 11.8. The summed E-state index contributed by atoms with van der Waals surface area (Å²) in [5, 5.41) is 1.54. The lowest BCUT2D eigenvalue weighted by Crippen LogP contribution is -2.55. The molecule has 104 valence electrons. The molecule has 0 spiro atoms. The van der Waals surface area contributed by atoms with Gasteiger partial charge in [-0.2, -0.15) is 0 Å². The summed E-state index contributed by atoms with van der Waals surface area (Å²) in [7, 11) is 3.21. The van der Waals surface area contributed by atoms with Crippen molar-refractivity contribution in [1.29, 1.82) is 0 Å². The van der Waals surface area contributed by atoms with E-state index in [1.54, 1.807) is 20.8 Å². The molecule has 0 bridgehead atoms. The lowest BCUT2D eigenvalue weighted by molar-refractivity contribution is -0.212. The van der Waals surface area contributed by atoms with Crippen LogP contribution in [0.15, 0.2) is 0 Å². The number of hydroxylamine groups is 2. The average molecular weight is 258 g/mol. The number of ether oxygens (including phenoxy) is 1. The fourth-order valence-corrected chi connectivity index (χ4v) is 1.58. The summed E-state index contributed by atoms with van der Waals surface area (Å²) < 4.78 is 4.73. The molecular weight excluding hydrogens is 236 g/mol. The van der Waals surface area contributed by atoms with Gasteiger partial charge < -0.3 is 9.57 Å². The molecule has 1 rings (SSSR count). The first-order chi connectivity index (χ1) is 8.25. The Morgan fingerprint density at radius 2 is 1.83 bits per heavy atom. The Bertz CT molecular complexity index is 325. The SMILES string of the molecule is COC(=O)C1CN(OC(=O)C(C)(C)C)CCN1C. The van der Waals surface area contributed by atoms with E-state index in [0.29, 0.717) is 19.6 Å². The van der Waals surface area contributed by atoms with Crippen LogP contribution in [0.2, 0.25) is 0 Å². The molecule has 1 atom stereocenters. The first kappa shape index (κ1) is 14.9. The maximum Gasteiger partial charge on any atom is 0.330 e. The molecule has 0 saturated carbocycles. The first-order valence-electron chi connectivity index (χ1n) is 6.01. The Morgan fingerprint density at radius 1 is 1.22 bits per heavy atom. The van der Waals surface area contributed by atoms with Crippen molar-refractivity contribution in [3.8, 4) is 0 Å². The number of hydrogen-bond acceptors (Lipinski definition) is 6. The van der Waals surface area contributed by atoms with Crippen LogP contribution in [0.25, 0.3) is 0 Å². The Kier molecular flexibility index (Phi) is 4.70. The van der Waals surface area contributed by atoms with Crippen LogP contribution >= 0.6 is 0 Å². The molecular formula is C12H22N2O4. The minimum absolute atomic E-state index is 0.296. The largest absolute Gasteiger partial charge is 0.468 e. The molecule has 18 heavy (non-hydrogen) atoms. The fourth-order valence-electron chi connectivity index (χ4n) is 1.58. The second kappa shape index (κ2) is 5.67. The molecule has 1 heterocycles. The van der Waals surface area contributed by atoms with E-state index in [-0.39, 0.29) is 11.9 Å². The number of methoxy groups -OCH3 is 1.